The Hall–Kier alpha value is 0.518. The Morgan fingerprint density at radius 2 is 2.27 bits per heavy atom. The van der Waals surface area contributed by atoms with Crippen molar-refractivity contribution < 1.29 is 0 Å². The van der Waals surface area contributed by atoms with E-state index >= 15 is 0 Å². The number of hydrogen-bond acceptors (Lipinski definition) is 1. The third-order valence-corrected chi connectivity index (χ3v) is 3.45. The van der Waals surface area contributed by atoms with Gasteiger partial charge < -0.3 is 0 Å². The summed E-state index contributed by atoms with van der Waals surface area (Å²) in [5.74, 6) is 0. The van der Waals surface area contributed by atoms with Gasteiger partial charge in [-0.15, -0.1) is 0 Å². The van der Waals surface area contributed by atoms with Crippen molar-refractivity contribution in [1.29, 1.82) is 0 Å². The molecule has 1 heterocycles. The molecule has 0 aromatic carbocycles. The van der Waals surface area contributed by atoms with E-state index in [0.29, 0.717) is 0 Å². The van der Waals surface area contributed by atoms with E-state index < -0.39 is 0 Å². The molecule has 0 N–H and O–H groups in total. The number of likely N-dealkylation sites (tertiary alicyclic amines) is 1. The van der Waals surface area contributed by atoms with Gasteiger partial charge in [0.2, 0.25) is 0 Å². The molecule has 1 nitrogen and oxygen atoms in total. The van der Waals surface area contributed by atoms with Gasteiger partial charge in [-0.1, -0.05) is 0 Å². The number of hydrogen-bond donors (Lipinski definition) is 0. The average molecular weight is 217 g/mol. The molecule has 1 fully saturated rings. The summed E-state index contributed by atoms with van der Waals surface area (Å²) in [7, 11) is 0. The summed E-state index contributed by atoms with van der Waals surface area (Å²) in [6.07, 6.45) is 5.71. The zero-order valence-corrected chi connectivity index (χ0v) is 9.97. The van der Waals surface area contributed by atoms with E-state index in [1.807, 2.05) is 16.9 Å². The quantitative estimate of drug-likeness (QED) is 0.644. The first-order valence-corrected chi connectivity index (χ1v) is 6.50. The van der Waals surface area contributed by atoms with Crippen LogP contribution in [0.25, 0.3) is 0 Å². The van der Waals surface area contributed by atoms with Crippen molar-refractivity contribution in [2.45, 2.75) is 43.9 Å². The minimum atomic E-state index is 0.864. The fourth-order valence-corrected chi connectivity index (χ4v) is 2.17. The molecule has 1 aliphatic rings. The molecule has 0 aromatic heterocycles. The van der Waals surface area contributed by atoms with Crippen LogP contribution in [0.5, 0.6) is 0 Å². The summed E-state index contributed by atoms with van der Waals surface area (Å²) in [6.45, 7) is 5.08. The van der Waals surface area contributed by atoms with Crippen molar-refractivity contribution >= 4 is 16.9 Å². The summed E-state index contributed by atoms with van der Waals surface area (Å²) in [5.41, 5.74) is 0. The Labute approximate surface area is 79.0 Å². The first-order valence-electron chi connectivity index (χ1n) is 4.78. The molecule has 1 aliphatic heterocycles. The number of piperidine rings is 1. The normalized spacial score (nSPS) is 27.3. The number of rotatable bonds is 3. The van der Waals surface area contributed by atoms with Gasteiger partial charge in [0.1, 0.15) is 0 Å². The van der Waals surface area contributed by atoms with Crippen LogP contribution in [0.2, 0.25) is 5.21 Å². The molecule has 2 heteroatoms. The molecule has 0 radical (unpaired) electrons. The van der Waals surface area contributed by atoms with Gasteiger partial charge in [-0.25, -0.2) is 0 Å². The third kappa shape index (κ3) is 3.17. The Kier molecular flexibility index (Phi) is 4.55. The van der Waals surface area contributed by atoms with E-state index in [0.717, 1.165) is 6.04 Å². The van der Waals surface area contributed by atoms with E-state index in [9.17, 15) is 0 Å². The van der Waals surface area contributed by atoms with E-state index in [4.69, 9.17) is 0 Å². The topological polar surface area (TPSA) is 3.24 Å². The second kappa shape index (κ2) is 5.21. The standard InChI is InChI=1S/C9H20AsN/c1-9-5-2-3-7-11(9)8-4-6-10/h9H,2-8,10H2,1H3. The van der Waals surface area contributed by atoms with E-state index in [1.165, 1.54) is 44.0 Å². The average Bonchev–Trinajstić information content (AvgIpc) is 2.03. The van der Waals surface area contributed by atoms with Crippen molar-refractivity contribution in [1.82, 2.24) is 4.90 Å². The van der Waals surface area contributed by atoms with Crippen LogP contribution in [-0.2, 0) is 0 Å². The Balaban J connectivity index is 2.18. The van der Waals surface area contributed by atoms with Gasteiger partial charge in [0.15, 0.2) is 0 Å². The van der Waals surface area contributed by atoms with Gasteiger partial charge in [0.25, 0.3) is 0 Å². The van der Waals surface area contributed by atoms with Crippen molar-refractivity contribution in [3.8, 4) is 0 Å². The molecular formula is C9H20AsN. The van der Waals surface area contributed by atoms with Gasteiger partial charge in [-0.2, -0.15) is 0 Å². The SMILES string of the molecule is CC1CCCCN1CCC[AsH2]. The molecule has 2 atom stereocenters. The van der Waals surface area contributed by atoms with Gasteiger partial charge in [-0.3, -0.25) is 0 Å². The van der Waals surface area contributed by atoms with Crippen molar-refractivity contribution in [2.24, 2.45) is 0 Å². The Bertz CT molecular complexity index is 106. The molecule has 0 aromatic rings. The van der Waals surface area contributed by atoms with Gasteiger partial charge in [0.05, 0.1) is 0 Å². The molecular weight excluding hydrogens is 197 g/mol. The summed E-state index contributed by atoms with van der Waals surface area (Å²) >= 11 is 1.87. The monoisotopic (exact) mass is 217 g/mol. The Morgan fingerprint density at radius 1 is 1.45 bits per heavy atom. The second-order valence-corrected chi connectivity index (χ2v) is 4.73. The van der Waals surface area contributed by atoms with E-state index in [-0.39, 0.29) is 0 Å². The molecule has 0 amide bonds. The first kappa shape index (κ1) is 9.61. The summed E-state index contributed by atoms with van der Waals surface area (Å²) in [6, 6.07) is 0.864. The fraction of sp³-hybridized carbons (Fsp3) is 1.00. The molecule has 2 unspecified atom stereocenters. The van der Waals surface area contributed by atoms with Crippen molar-refractivity contribution in [3.05, 3.63) is 0 Å². The van der Waals surface area contributed by atoms with Crippen molar-refractivity contribution in [3.63, 3.8) is 0 Å². The van der Waals surface area contributed by atoms with Gasteiger partial charge >= 0.3 is 78.7 Å². The van der Waals surface area contributed by atoms with Gasteiger partial charge in [0, 0.05) is 0 Å². The maximum absolute atomic E-state index is 2.66. The molecule has 0 aliphatic carbocycles. The van der Waals surface area contributed by atoms with Gasteiger partial charge in [-0.05, 0) is 0 Å². The molecule has 1 saturated heterocycles. The van der Waals surface area contributed by atoms with Crippen LogP contribution in [-0.4, -0.2) is 40.9 Å². The summed E-state index contributed by atoms with van der Waals surface area (Å²) < 4.78 is 0. The van der Waals surface area contributed by atoms with Crippen molar-refractivity contribution in [2.75, 3.05) is 13.1 Å². The van der Waals surface area contributed by atoms with Crippen LogP contribution in [0.4, 0.5) is 0 Å². The summed E-state index contributed by atoms with van der Waals surface area (Å²) in [5, 5.41) is 1.40. The molecule has 1 rings (SSSR count). The van der Waals surface area contributed by atoms with Crippen LogP contribution in [0, 0.1) is 0 Å². The predicted molar refractivity (Wildman–Crippen MR) is 52.9 cm³/mol. The van der Waals surface area contributed by atoms with E-state index in [2.05, 4.69) is 11.8 Å². The van der Waals surface area contributed by atoms with E-state index in [1.54, 1.807) is 0 Å². The zero-order chi connectivity index (χ0) is 8.10. The van der Waals surface area contributed by atoms with Crippen LogP contribution in [0.3, 0.4) is 0 Å². The Morgan fingerprint density at radius 3 is 2.91 bits per heavy atom. The second-order valence-electron chi connectivity index (χ2n) is 3.52. The fourth-order valence-electron chi connectivity index (χ4n) is 1.78. The predicted octanol–water partition coefficient (Wildman–Crippen LogP) is 1.30. The van der Waals surface area contributed by atoms with Crippen LogP contribution >= 0.6 is 0 Å². The zero-order valence-electron chi connectivity index (χ0n) is 7.55. The number of nitrogens with zero attached hydrogens (tertiary/aromatic N) is 1. The third-order valence-electron chi connectivity index (χ3n) is 2.59. The molecule has 11 heavy (non-hydrogen) atoms. The maximum atomic E-state index is 2.66. The molecule has 66 valence electrons. The summed E-state index contributed by atoms with van der Waals surface area (Å²) in [4.78, 5) is 2.66. The van der Waals surface area contributed by atoms with Crippen LogP contribution in [0.15, 0.2) is 0 Å². The molecule has 0 spiro atoms. The molecule has 0 saturated carbocycles. The first-order chi connectivity index (χ1) is 5.34. The minimum absolute atomic E-state index is 0.864. The van der Waals surface area contributed by atoms with Crippen LogP contribution in [0.1, 0.15) is 32.6 Å². The molecule has 0 bridgehead atoms. The van der Waals surface area contributed by atoms with Crippen LogP contribution < -0.4 is 0 Å².